The van der Waals surface area contributed by atoms with E-state index in [0.29, 0.717) is 12.4 Å². The van der Waals surface area contributed by atoms with Crippen LogP contribution in [0.5, 0.6) is 5.75 Å². The van der Waals surface area contributed by atoms with Gasteiger partial charge in [0.15, 0.2) is 0 Å². The molecule has 0 aliphatic heterocycles. The highest BCUT2D eigenvalue weighted by Gasteiger charge is 2.09. The van der Waals surface area contributed by atoms with Gasteiger partial charge in [-0.15, -0.1) is 0 Å². The number of non-ortho nitro benzene ring substituents is 1. The molecule has 0 N–H and O–H groups in total. The van der Waals surface area contributed by atoms with Gasteiger partial charge in [-0.25, -0.2) is 0 Å². The van der Waals surface area contributed by atoms with Crippen LogP contribution in [0.1, 0.15) is 12.8 Å². The molecule has 0 unspecified atom stereocenters. The molecule has 0 radical (unpaired) electrons. The number of rotatable bonds is 6. The summed E-state index contributed by atoms with van der Waals surface area (Å²) in [5.74, 6) is 0.488. The molecule has 0 aromatic heterocycles. The number of ether oxygens (including phenoxy) is 1. The number of hydrogen-bond acceptors (Lipinski definition) is 3. The summed E-state index contributed by atoms with van der Waals surface area (Å²) >= 11 is 9.17. The summed E-state index contributed by atoms with van der Waals surface area (Å²) in [6.45, 7) is 0.559. The van der Waals surface area contributed by atoms with Crippen molar-refractivity contribution in [2.75, 3.05) is 11.9 Å². The monoisotopic (exact) mass is 307 g/mol. The highest BCUT2D eigenvalue weighted by molar-refractivity contribution is 9.09. The van der Waals surface area contributed by atoms with Crippen LogP contribution >= 0.6 is 27.5 Å². The van der Waals surface area contributed by atoms with Crippen molar-refractivity contribution in [3.63, 3.8) is 0 Å². The predicted molar refractivity (Wildman–Crippen MR) is 66.6 cm³/mol. The van der Waals surface area contributed by atoms with Gasteiger partial charge in [-0.1, -0.05) is 27.5 Å². The Bertz CT molecular complexity index is 373. The summed E-state index contributed by atoms with van der Waals surface area (Å²) in [6, 6.07) is 4.20. The second kappa shape index (κ2) is 6.70. The van der Waals surface area contributed by atoms with Gasteiger partial charge in [0.2, 0.25) is 0 Å². The lowest BCUT2D eigenvalue weighted by Crippen LogP contribution is -1.98. The van der Waals surface area contributed by atoms with Crippen LogP contribution in [-0.2, 0) is 0 Å². The Morgan fingerprint density at radius 2 is 2.19 bits per heavy atom. The highest BCUT2D eigenvalue weighted by Crippen LogP contribution is 2.28. The third kappa shape index (κ3) is 3.98. The van der Waals surface area contributed by atoms with Crippen LogP contribution in [0.25, 0.3) is 0 Å². The third-order valence-corrected chi connectivity index (χ3v) is 2.77. The normalized spacial score (nSPS) is 10.1. The molecule has 1 aromatic carbocycles. The average molecular weight is 309 g/mol. The van der Waals surface area contributed by atoms with Gasteiger partial charge in [0.05, 0.1) is 16.6 Å². The molecule has 0 heterocycles. The molecule has 0 fully saturated rings. The first-order valence-electron chi connectivity index (χ1n) is 4.78. The molecule has 0 saturated carbocycles. The zero-order chi connectivity index (χ0) is 12.0. The molecule has 6 heteroatoms. The van der Waals surface area contributed by atoms with Crippen molar-refractivity contribution in [2.45, 2.75) is 12.8 Å². The van der Waals surface area contributed by atoms with Crippen LogP contribution in [0.2, 0.25) is 5.02 Å². The molecule has 1 aromatic rings. The summed E-state index contributed by atoms with van der Waals surface area (Å²) in [4.78, 5) is 9.98. The van der Waals surface area contributed by atoms with Crippen molar-refractivity contribution in [1.82, 2.24) is 0 Å². The Balaban J connectivity index is 2.57. The first-order valence-corrected chi connectivity index (χ1v) is 6.28. The number of alkyl halides is 1. The van der Waals surface area contributed by atoms with Crippen molar-refractivity contribution in [2.24, 2.45) is 0 Å². The summed E-state index contributed by atoms with van der Waals surface area (Å²) in [5, 5.41) is 11.7. The van der Waals surface area contributed by atoms with Crippen LogP contribution in [0.3, 0.4) is 0 Å². The third-order valence-electron chi connectivity index (χ3n) is 1.91. The Morgan fingerprint density at radius 1 is 1.44 bits per heavy atom. The van der Waals surface area contributed by atoms with Crippen molar-refractivity contribution < 1.29 is 9.66 Å². The molecule has 4 nitrogen and oxygen atoms in total. The maximum atomic E-state index is 10.5. The SMILES string of the molecule is O=[N+]([O-])c1ccc(OCCCCBr)c(Cl)c1. The van der Waals surface area contributed by atoms with Crippen LogP contribution in [0.4, 0.5) is 5.69 Å². The van der Waals surface area contributed by atoms with Crippen molar-refractivity contribution >= 4 is 33.2 Å². The number of nitro benzene ring substituents is 1. The number of unbranched alkanes of at least 4 members (excludes halogenated alkanes) is 1. The van der Waals surface area contributed by atoms with Gasteiger partial charge in [-0.2, -0.15) is 0 Å². The van der Waals surface area contributed by atoms with Crippen molar-refractivity contribution in [3.05, 3.63) is 33.3 Å². The molecule has 0 saturated heterocycles. The van der Waals surface area contributed by atoms with E-state index < -0.39 is 4.92 Å². The lowest BCUT2D eigenvalue weighted by atomic mass is 10.3. The average Bonchev–Trinajstić information content (AvgIpc) is 2.26. The lowest BCUT2D eigenvalue weighted by Gasteiger charge is -2.06. The highest BCUT2D eigenvalue weighted by atomic mass is 79.9. The Hall–Kier alpha value is -0.810. The van der Waals surface area contributed by atoms with Crippen LogP contribution < -0.4 is 4.74 Å². The van der Waals surface area contributed by atoms with E-state index in [1.54, 1.807) is 0 Å². The van der Waals surface area contributed by atoms with Crippen molar-refractivity contribution in [1.29, 1.82) is 0 Å². The molecule has 1 rings (SSSR count). The largest absolute Gasteiger partial charge is 0.492 e. The molecule has 88 valence electrons. The van der Waals surface area contributed by atoms with E-state index in [2.05, 4.69) is 15.9 Å². The summed E-state index contributed by atoms with van der Waals surface area (Å²) in [5.41, 5.74) is -0.0298. The maximum Gasteiger partial charge on any atom is 0.271 e. The van der Waals surface area contributed by atoms with Crippen LogP contribution in [0, 0.1) is 10.1 Å². The molecule has 0 aliphatic rings. The molecule has 16 heavy (non-hydrogen) atoms. The molecular weight excluding hydrogens is 297 g/mol. The number of nitrogens with zero attached hydrogens (tertiary/aromatic N) is 1. The molecule has 0 amide bonds. The van der Waals surface area contributed by atoms with Crippen LogP contribution in [-0.4, -0.2) is 16.9 Å². The minimum absolute atomic E-state index is 0.0298. The summed E-state index contributed by atoms with van der Waals surface area (Å²) in [6.07, 6.45) is 1.93. The summed E-state index contributed by atoms with van der Waals surface area (Å²) in [7, 11) is 0. The first-order chi connectivity index (χ1) is 7.65. The second-order valence-corrected chi connectivity index (χ2v) is 4.32. The number of nitro groups is 1. The van der Waals surface area contributed by atoms with Gasteiger partial charge in [0.1, 0.15) is 5.75 Å². The minimum Gasteiger partial charge on any atom is -0.492 e. The zero-order valence-electron chi connectivity index (χ0n) is 8.49. The fourth-order valence-electron chi connectivity index (χ4n) is 1.10. The molecule has 0 atom stereocenters. The van der Waals surface area contributed by atoms with Crippen LogP contribution in [0.15, 0.2) is 18.2 Å². The predicted octanol–water partition coefficient (Wildman–Crippen LogP) is 3.80. The molecule has 0 bridgehead atoms. The Labute approximate surface area is 107 Å². The molecule has 0 aliphatic carbocycles. The summed E-state index contributed by atoms with van der Waals surface area (Å²) < 4.78 is 5.40. The molecular formula is C10H11BrClNO3. The number of hydrogen-bond donors (Lipinski definition) is 0. The van der Waals surface area contributed by atoms with E-state index in [4.69, 9.17) is 16.3 Å². The van der Waals surface area contributed by atoms with Gasteiger partial charge in [-0.3, -0.25) is 10.1 Å². The minimum atomic E-state index is -0.486. The zero-order valence-corrected chi connectivity index (χ0v) is 10.8. The second-order valence-electron chi connectivity index (χ2n) is 3.12. The quantitative estimate of drug-likeness (QED) is 0.347. The number of benzene rings is 1. The van der Waals surface area contributed by atoms with Gasteiger partial charge >= 0.3 is 0 Å². The fraction of sp³-hybridized carbons (Fsp3) is 0.400. The Morgan fingerprint density at radius 3 is 2.75 bits per heavy atom. The van der Waals surface area contributed by atoms with Crippen molar-refractivity contribution in [3.8, 4) is 5.75 Å². The standard InChI is InChI=1S/C10H11BrClNO3/c11-5-1-2-6-16-10-4-3-8(13(14)15)7-9(10)12/h3-4,7H,1-2,5-6H2. The van der Waals surface area contributed by atoms with E-state index in [0.717, 1.165) is 18.2 Å². The fourth-order valence-corrected chi connectivity index (χ4v) is 1.72. The smallest absolute Gasteiger partial charge is 0.271 e. The topological polar surface area (TPSA) is 52.4 Å². The van der Waals surface area contributed by atoms with E-state index in [1.165, 1.54) is 18.2 Å². The van der Waals surface area contributed by atoms with E-state index in [-0.39, 0.29) is 10.7 Å². The van der Waals surface area contributed by atoms with Gasteiger partial charge in [-0.05, 0) is 18.9 Å². The first kappa shape index (κ1) is 13.3. The van der Waals surface area contributed by atoms with Gasteiger partial charge in [0, 0.05) is 17.5 Å². The molecule has 0 spiro atoms. The van der Waals surface area contributed by atoms with E-state index in [1.807, 2.05) is 0 Å². The van der Waals surface area contributed by atoms with Gasteiger partial charge in [0.25, 0.3) is 5.69 Å². The lowest BCUT2D eigenvalue weighted by molar-refractivity contribution is -0.384. The van der Waals surface area contributed by atoms with E-state index >= 15 is 0 Å². The maximum absolute atomic E-state index is 10.5. The number of halogens is 2. The Kier molecular flexibility index (Phi) is 5.55. The van der Waals surface area contributed by atoms with Gasteiger partial charge < -0.3 is 4.74 Å². The van der Waals surface area contributed by atoms with E-state index in [9.17, 15) is 10.1 Å².